The van der Waals surface area contributed by atoms with Gasteiger partial charge >= 0.3 is 0 Å². The number of rotatable bonds is 9. The summed E-state index contributed by atoms with van der Waals surface area (Å²) in [5, 5.41) is 11.3. The smallest absolute Gasteiger partial charge is 0.270 e. The van der Waals surface area contributed by atoms with Gasteiger partial charge in [-0.1, -0.05) is 30.0 Å². The summed E-state index contributed by atoms with van der Waals surface area (Å²) in [5.74, 6) is -1.36. The van der Waals surface area contributed by atoms with E-state index in [4.69, 9.17) is 15.1 Å². The van der Waals surface area contributed by atoms with Crippen molar-refractivity contribution in [3.63, 3.8) is 0 Å². The predicted molar refractivity (Wildman–Crippen MR) is 158 cm³/mol. The Kier molecular flexibility index (Phi) is 7.24. The summed E-state index contributed by atoms with van der Waals surface area (Å²) < 4.78 is 49.4. The number of piperidine rings is 1. The van der Waals surface area contributed by atoms with Crippen LogP contribution in [0, 0.1) is 5.41 Å². The van der Waals surface area contributed by atoms with Crippen LogP contribution in [0.4, 0.5) is 30.6 Å². The highest BCUT2D eigenvalue weighted by Crippen LogP contribution is 2.32. The second kappa shape index (κ2) is 11.0. The summed E-state index contributed by atoms with van der Waals surface area (Å²) in [4.78, 5) is 11.6. The van der Waals surface area contributed by atoms with E-state index in [9.17, 15) is 13.2 Å². The molecule has 1 aliphatic heterocycles. The number of imidazole rings is 1. The Hall–Kier alpha value is -4.56. The Balaban J connectivity index is 1.14. The Morgan fingerprint density at radius 1 is 1.14 bits per heavy atom. The predicted octanol–water partition coefficient (Wildman–Crippen LogP) is 7.50. The molecule has 1 aliphatic carbocycles. The number of pyridine rings is 1. The molecule has 1 saturated heterocycles. The van der Waals surface area contributed by atoms with Crippen LogP contribution in [0.3, 0.4) is 0 Å². The fourth-order valence-corrected chi connectivity index (χ4v) is 5.38. The molecule has 3 heterocycles. The van der Waals surface area contributed by atoms with Crippen LogP contribution in [0.15, 0.2) is 77.9 Å². The first-order valence-corrected chi connectivity index (χ1v) is 13.9. The minimum atomic E-state index is -2.96. The molecular weight excluding hydrogens is 541 g/mol. The summed E-state index contributed by atoms with van der Waals surface area (Å²) in [6.45, 7) is 4.54. The number of benzene rings is 2. The van der Waals surface area contributed by atoms with Gasteiger partial charge in [0.05, 0.1) is 23.8 Å². The molecule has 2 N–H and O–H groups in total. The van der Waals surface area contributed by atoms with Gasteiger partial charge in [-0.15, -0.1) is 0 Å². The number of fused-ring (bicyclic) bond motifs is 1. The SMILES string of the molecule is CC(=N)c1cc(OC2CCN(c3nc4ccccc4n3CC3=C=C(F)C3)CC2)cnc1Nc1cccc(C(C)(F)F)c1. The number of aromatic nitrogens is 3. The van der Waals surface area contributed by atoms with Crippen LogP contribution in [0.5, 0.6) is 5.75 Å². The summed E-state index contributed by atoms with van der Waals surface area (Å²) in [7, 11) is 0. The van der Waals surface area contributed by atoms with Crippen LogP contribution >= 0.6 is 0 Å². The van der Waals surface area contributed by atoms with Gasteiger partial charge in [-0.2, -0.15) is 0 Å². The van der Waals surface area contributed by atoms with Crippen LogP contribution in [0.25, 0.3) is 11.0 Å². The largest absolute Gasteiger partial charge is 0.489 e. The quantitative estimate of drug-likeness (QED) is 0.160. The molecule has 6 rings (SSSR count). The Morgan fingerprint density at radius 3 is 2.62 bits per heavy atom. The monoisotopic (exact) mass is 572 g/mol. The molecule has 0 unspecified atom stereocenters. The molecule has 0 atom stereocenters. The number of alkyl halides is 2. The average molecular weight is 573 g/mol. The van der Waals surface area contributed by atoms with Gasteiger partial charge < -0.3 is 24.9 Å². The molecule has 0 saturated carbocycles. The number of nitrogens with zero attached hydrogens (tertiary/aromatic N) is 4. The lowest BCUT2D eigenvalue weighted by atomic mass is 10.1. The van der Waals surface area contributed by atoms with E-state index in [-0.39, 0.29) is 23.2 Å². The van der Waals surface area contributed by atoms with E-state index in [1.165, 1.54) is 12.1 Å². The van der Waals surface area contributed by atoms with E-state index in [1.807, 2.05) is 24.3 Å². The highest BCUT2D eigenvalue weighted by atomic mass is 19.3. The van der Waals surface area contributed by atoms with Crippen molar-refractivity contribution in [3.8, 4) is 5.75 Å². The van der Waals surface area contributed by atoms with E-state index < -0.39 is 5.92 Å². The molecule has 2 aliphatic rings. The molecule has 216 valence electrons. The maximum absolute atomic E-state index is 13.8. The summed E-state index contributed by atoms with van der Waals surface area (Å²) in [5.41, 5.74) is 6.78. The fourth-order valence-electron chi connectivity index (χ4n) is 5.38. The molecule has 0 amide bonds. The van der Waals surface area contributed by atoms with Gasteiger partial charge in [0.1, 0.15) is 23.5 Å². The van der Waals surface area contributed by atoms with Crippen molar-refractivity contribution in [2.45, 2.75) is 51.7 Å². The molecular formula is C32H31F3N6O. The third-order valence-corrected chi connectivity index (χ3v) is 7.59. The molecule has 1 fully saturated rings. The number of hydrogen-bond donors (Lipinski definition) is 2. The van der Waals surface area contributed by atoms with E-state index in [0.29, 0.717) is 35.8 Å². The van der Waals surface area contributed by atoms with Gasteiger partial charge in [-0.3, -0.25) is 0 Å². The molecule has 0 spiro atoms. The van der Waals surface area contributed by atoms with E-state index >= 15 is 0 Å². The van der Waals surface area contributed by atoms with Crippen molar-refractivity contribution in [2.24, 2.45) is 0 Å². The normalized spacial score (nSPS) is 15.7. The maximum atomic E-state index is 13.8. The molecule has 2 aromatic carbocycles. The first-order chi connectivity index (χ1) is 20.1. The van der Waals surface area contributed by atoms with E-state index in [1.54, 1.807) is 31.3 Å². The van der Waals surface area contributed by atoms with Gasteiger partial charge in [-0.05, 0) is 37.3 Å². The summed E-state index contributed by atoms with van der Waals surface area (Å²) >= 11 is 0. The zero-order valence-electron chi connectivity index (χ0n) is 23.4. The maximum Gasteiger partial charge on any atom is 0.270 e. The Labute approximate surface area is 241 Å². The Morgan fingerprint density at radius 2 is 1.90 bits per heavy atom. The van der Waals surface area contributed by atoms with Crippen molar-refractivity contribution >= 4 is 34.2 Å². The number of allylic oxidation sites excluding steroid dienone is 1. The van der Waals surface area contributed by atoms with Crippen LogP contribution in [-0.4, -0.2) is 39.4 Å². The van der Waals surface area contributed by atoms with Crippen LogP contribution in [0.1, 0.15) is 44.2 Å². The lowest BCUT2D eigenvalue weighted by Gasteiger charge is -2.33. The highest BCUT2D eigenvalue weighted by molar-refractivity contribution is 6.01. The minimum Gasteiger partial charge on any atom is -0.489 e. The summed E-state index contributed by atoms with van der Waals surface area (Å²) in [6, 6.07) is 15.7. The number of ether oxygens (including phenoxy) is 1. The fraction of sp³-hybridized carbons (Fsp3) is 0.312. The molecule has 2 aromatic heterocycles. The molecule has 0 bridgehead atoms. The molecule has 0 radical (unpaired) electrons. The van der Waals surface area contributed by atoms with Crippen molar-refractivity contribution in [1.29, 1.82) is 5.41 Å². The first kappa shape index (κ1) is 27.6. The minimum absolute atomic E-state index is 0.0478. The van der Waals surface area contributed by atoms with E-state index in [0.717, 1.165) is 55.4 Å². The third kappa shape index (κ3) is 5.76. The zero-order valence-corrected chi connectivity index (χ0v) is 23.4. The lowest BCUT2D eigenvalue weighted by Crippen LogP contribution is -2.39. The van der Waals surface area contributed by atoms with Crippen molar-refractivity contribution in [2.75, 3.05) is 23.3 Å². The number of para-hydroxylation sites is 2. The molecule has 4 aromatic rings. The lowest BCUT2D eigenvalue weighted by molar-refractivity contribution is 0.0175. The van der Waals surface area contributed by atoms with Crippen LogP contribution in [-0.2, 0) is 12.5 Å². The van der Waals surface area contributed by atoms with Crippen molar-refractivity contribution < 1.29 is 17.9 Å². The number of anilines is 3. The van der Waals surface area contributed by atoms with Gasteiger partial charge in [0, 0.05) is 67.4 Å². The van der Waals surface area contributed by atoms with Gasteiger partial charge in [0.25, 0.3) is 5.92 Å². The van der Waals surface area contributed by atoms with E-state index in [2.05, 4.69) is 25.5 Å². The van der Waals surface area contributed by atoms with Gasteiger partial charge in [0.2, 0.25) is 5.95 Å². The van der Waals surface area contributed by atoms with Crippen molar-refractivity contribution in [1.82, 2.24) is 14.5 Å². The molecule has 7 nitrogen and oxygen atoms in total. The first-order valence-electron chi connectivity index (χ1n) is 13.9. The van der Waals surface area contributed by atoms with Crippen LogP contribution in [0.2, 0.25) is 0 Å². The number of halogens is 3. The second-order valence-corrected chi connectivity index (χ2v) is 10.9. The zero-order chi connectivity index (χ0) is 29.4. The highest BCUT2D eigenvalue weighted by Gasteiger charge is 2.27. The molecule has 10 heteroatoms. The Bertz CT molecular complexity index is 1730. The molecule has 42 heavy (non-hydrogen) atoms. The average Bonchev–Trinajstić information content (AvgIpc) is 3.31. The third-order valence-electron chi connectivity index (χ3n) is 7.59. The topological polar surface area (TPSA) is 79.1 Å². The standard InChI is InChI=1S/C32H31F3N6O/c1-20(36)27-17-26(18-37-30(27)38-24-7-5-6-22(16-24)32(2,34)35)42-25-10-12-40(13-11-25)31-39-28-8-3-4-9-29(28)41(31)19-21-14-23(33)15-21/h3-9,16-18,25,36H,10-14,19H2,1-2H3,(H,37,38). The van der Waals surface area contributed by atoms with Gasteiger partial charge in [-0.25, -0.2) is 23.1 Å². The van der Waals surface area contributed by atoms with Crippen LogP contribution < -0.4 is 15.0 Å². The number of hydrogen-bond acceptors (Lipinski definition) is 6. The summed E-state index contributed by atoms with van der Waals surface area (Å²) in [6.07, 6.45) is 3.41. The number of nitrogens with one attached hydrogen (secondary N) is 2. The second-order valence-electron chi connectivity index (χ2n) is 10.9. The van der Waals surface area contributed by atoms with Crippen molar-refractivity contribution in [3.05, 3.63) is 89.1 Å². The van der Waals surface area contributed by atoms with Gasteiger partial charge in [0.15, 0.2) is 0 Å².